The van der Waals surface area contributed by atoms with E-state index in [1.807, 2.05) is 32.0 Å². The third-order valence-electron chi connectivity index (χ3n) is 4.07. The molecular formula is C16H21NO4. The molecule has 0 saturated heterocycles. The van der Waals surface area contributed by atoms with Gasteiger partial charge in [-0.15, -0.1) is 0 Å². The average Bonchev–Trinajstić information content (AvgIpc) is 3.20. The molecule has 1 aliphatic heterocycles. The van der Waals surface area contributed by atoms with E-state index in [0.717, 1.165) is 12.1 Å². The van der Waals surface area contributed by atoms with Crippen LogP contribution in [0.3, 0.4) is 0 Å². The van der Waals surface area contributed by atoms with Crippen LogP contribution < -0.4 is 14.8 Å². The van der Waals surface area contributed by atoms with Gasteiger partial charge in [0, 0.05) is 0 Å². The van der Waals surface area contributed by atoms with Crippen LogP contribution in [0.4, 0.5) is 0 Å². The summed E-state index contributed by atoms with van der Waals surface area (Å²) in [5.41, 5.74) is -0.0228. The van der Waals surface area contributed by atoms with Gasteiger partial charge >= 0.3 is 5.97 Å². The molecule has 0 bridgehead atoms. The fourth-order valence-electron chi connectivity index (χ4n) is 2.45. The zero-order chi connectivity index (χ0) is 14.9. The summed E-state index contributed by atoms with van der Waals surface area (Å²) >= 11 is 0. The van der Waals surface area contributed by atoms with E-state index in [9.17, 15) is 4.79 Å². The molecular weight excluding hydrogens is 270 g/mol. The van der Waals surface area contributed by atoms with Crippen molar-refractivity contribution in [2.75, 3.05) is 19.9 Å². The van der Waals surface area contributed by atoms with Crippen LogP contribution in [0.5, 0.6) is 11.5 Å². The van der Waals surface area contributed by atoms with Crippen LogP contribution in [-0.2, 0) is 15.1 Å². The van der Waals surface area contributed by atoms with Crippen LogP contribution in [0.2, 0.25) is 0 Å². The largest absolute Gasteiger partial charge is 0.464 e. The Bertz CT molecular complexity index is 541. The lowest BCUT2D eigenvalue weighted by Crippen LogP contribution is -2.48. The third-order valence-corrected chi connectivity index (χ3v) is 4.07. The lowest BCUT2D eigenvalue weighted by molar-refractivity contribution is -0.151. The number of nitrogens with one attached hydrogen (secondary N) is 1. The number of carbonyl (C=O) groups excluding carboxylic acids is 1. The van der Waals surface area contributed by atoms with E-state index in [1.165, 1.54) is 12.8 Å². The van der Waals surface area contributed by atoms with Gasteiger partial charge in [0.2, 0.25) is 6.79 Å². The number of benzene rings is 1. The van der Waals surface area contributed by atoms with Gasteiger partial charge in [-0.25, -0.2) is 4.79 Å². The standard InChI is InChI=1S/C16H21NO4/c1-3-19-15(18)16(2,17-9-11-4-5-11)12-6-7-13-14(8-12)21-10-20-13/h6-8,11,17H,3-5,9-10H2,1-2H3. The maximum atomic E-state index is 12.4. The van der Waals surface area contributed by atoms with Crippen LogP contribution in [0, 0.1) is 5.92 Å². The molecule has 0 aromatic heterocycles. The number of esters is 1. The molecule has 1 aliphatic carbocycles. The lowest BCUT2D eigenvalue weighted by atomic mass is 9.91. The molecule has 2 aliphatic rings. The highest BCUT2D eigenvalue weighted by Gasteiger charge is 2.39. The molecule has 21 heavy (non-hydrogen) atoms. The summed E-state index contributed by atoms with van der Waals surface area (Å²) in [5.74, 6) is 1.81. The van der Waals surface area contributed by atoms with Crippen molar-refractivity contribution in [3.63, 3.8) is 0 Å². The minimum Gasteiger partial charge on any atom is -0.464 e. The monoisotopic (exact) mass is 291 g/mol. The van der Waals surface area contributed by atoms with Crippen LogP contribution in [0.25, 0.3) is 0 Å². The predicted molar refractivity (Wildman–Crippen MR) is 77.3 cm³/mol. The van der Waals surface area contributed by atoms with Gasteiger partial charge in [-0.2, -0.15) is 0 Å². The number of fused-ring (bicyclic) bond motifs is 1. The van der Waals surface area contributed by atoms with Crippen LogP contribution in [0.15, 0.2) is 18.2 Å². The first kappa shape index (κ1) is 14.2. The highest BCUT2D eigenvalue weighted by atomic mass is 16.7. The highest BCUT2D eigenvalue weighted by Crippen LogP contribution is 2.37. The van der Waals surface area contributed by atoms with Gasteiger partial charge in [-0.05, 0) is 56.8 Å². The second-order valence-corrected chi connectivity index (χ2v) is 5.74. The van der Waals surface area contributed by atoms with Gasteiger partial charge < -0.3 is 14.2 Å². The average molecular weight is 291 g/mol. The number of carbonyl (C=O) groups is 1. The number of hydrogen-bond acceptors (Lipinski definition) is 5. The van der Waals surface area contributed by atoms with E-state index in [2.05, 4.69) is 5.32 Å². The quantitative estimate of drug-likeness (QED) is 0.814. The SMILES string of the molecule is CCOC(=O)C(C)(NCC1CC1)c1ccc2c(c1)OCO2. The van der Waals surface area contributed by atoms with Gasteiger partial charge in [0.05, 0.1) is 6.61 Å². The first-order chi connectivity index (χ1) is 10.1. The van der Waals surface area contributed by atoms with Crippen LogP contribution in [-0.4, -0.2) is 25.9 Å². The van der Waals surface area contributed by atoms with E-state index >= 15 is 0 Å². The van der Waals surface area contributed by atoms with Crippen molar-refractivity contribution in [2.45, 2.75) is 32.2 Å². The molecule has 1 N–H and O–H groups in total. The van der Waals surface area contributed by atoms with Crippen molar-refractivity contribution in [1.29, 1.82) is 0 Å². The number of rotatable bonds is 6. The molecule has 0 amide bonds. The zero-order valence-electron chi connectivity index (χ0n) is 12.5. The summed E-state index contributed by atoms with van der Waals surface area (Å²) in [7, 11) is 0. The van der Waals surface area contributed by atoms with E-state index in [0.29, 0.717) is 24.0 Å². The minimum absolute atomic E-state index is 0.227. The van der Waals surface area contributed by atoms with Crippen molar-refractivity contribution in [3.8, 4) is 11.5 Å². The molecule has 1 aromatic carbocycles. The summed E-state index contributed by atoms with van der Waals surface area (Å²) < 4.78 is 16.0. The summed E-state index contributed by atoms with van der Waals surface area (Å²) in [6, 6.07) is 5.59. The molecule has 3 rings (SSSR count). The molecule has 1 unspecified atom stereocenters. The Kier molecular flexibility index (Phi) is 3.76. The fraction of sp³-hybridized carbons (Fsp3) is 0.562. The van der Waals surface area contributed by atoms with Gasteiger partial charge in [0.1, 0.15) is 5.54 Å². The van der Waals surface area contributed by atoms with E-state index in [1.54, 1.807) is 0 Å². The van der Waals surface area contributed by atoms with Gasteiger partial charge in [0.15, 0.2) is 11.5 Å². The summed E-state index contributed by atoms with van der Waals surface area (Å²) in [4.78, 5) is 12.4. The van der Waals surface area contributed by atoms with E-state index in [4.69, 9.17) is 14.2 Å². The molecule has 1 saturated carbocycles. The normalized spacial score (nSPS) is 19.1. The van der Waals surface area contributed by atoms with Gasteiger partial charge in [-0.1, -0.05) is 6.07 Å². The first-order valence-electron chi connectivity index (χ1n) is 7.46. The first-order valence-corrected chi connectivity index (χ1v) is 7.46. The topological polar surface area (TPSA) is 56.8 Å². The van der Waals surface area contributed by atoms with Crippen molar-refractivity contribution in [1.82, 2.24) is 5.32 Å². The van der Waals surface area contributed by atoms with Crippen LogP contribution in [0.1, 0.15) is 32.3 Å². The molecule has 0 spiro atoms. The molecule has 5 heteroatoms. The fourth-order valence-corrected chi connectivity index (χ4v) is 2.45. The molecule has 1 fully saturated rings. The Morgan fingerprint density at radius 1 is 1.38 bits per heavy atom. The van der Waals surface area contributed by atoms with Crippen molar-refractivity contribution in [2.24, 2.45) is 5.92 Å². The Morgan fingerprint density at radius 2 is 2.14 bits per heavy atom. The van der Waals surface area contributed by atoms with E-state index in [-0.39, 0.29) is 12.8 Å². The predicted octanol–water partition coefficient (Wildman–Crippen LogP) is 2.19. The Hall–Kier alpha value is -1.75. The highest BCUT2D eigenvalue weighted by molar-refractivity contribution is 5.82. The van der Waals surface area contributed by atoms with Gasteiger partial charge in [-0.3, -0.25) is 5.32 Å². The molecule has 5 nitrogen and oxygen atoms in total. The number of hydrogen-bond donors (Lipinski definition) is 1. The zero-order valence-corrected chi connectivity index (χ0v) is 12.5. The maximum absolute atomic E-state index is 12.4. The second kappa shape index (κ2) is 5.56. The second-order valence-electron chi connectivity index (χ2n) is 5.74. The summed E-state index contributed by atoms with van der Waals surface area (Å²) in [6.07, 6.45) is 2.46. The molecule has 1 heterocycles. The Balaban J connectivity index is 1.87. The Labute approximate surface area is 124 Å². The van der Waals surface area contributed by atoms with Crippen molar-refractivity contribution < 1.29 is 19.0 Å². The lowest BCUT2D eigenvalue weighted by Gasteiger charge is -2.29. The van der Waals surface area contributed by atoms with Gasteiger partial charge in [0.25, 0.3) is 0 Å². The third kappa shape index (κ3) is 2.83. The molecule has 1 aromatic rings. The minimum atomic E-state index is -0.862. The number of ether oxygens (including phenoxy) is 3. The summed E-state index contributed by atoms with van der Waals surface area (Å²) in [6.45, 7) is 5.10. The van der Waals surface area contributed by atoms with Crippen molar-refractivity contribution >= 4 is 5.97 Å². The molecule has 0 radical (unpaired) electrons. The van der Waals surface area contributed by atoms with Crippen LogP contribution >= 0.6 is 0 Å². The smallest absolute Gasteiger partial charge is 0.330 e. The maximum Gasteiger partial charge on any atom is 0.330 e. The van der Waals surface area contributed by atoms with E-state index < -0.39 is 5.54 Å². The summed E-state index contributed by atoms with van der Waals surface area (Å²) in [5, 5.41) is 3.38. The van der Waals surface area contributed by atoms with Crippen molar-refractivity contribution in [3.05, 3.63) is 23.8 Å². The Morgan fingerprint density at radius 3 is 2.86 bits per heavy atom. The molecule has 114 valence electrons. The molecule has 1 atom stereocenters.